The number of nitrogens with zero attached hydrogens (tertiary/aromatic N) is 1. The van der Waals surface area contributed by atoms with Gasteiger partial charge in [-0.2, -0.15) is 0 Å². The number of methoxy groups -OCH3 is 1. The topological polar surface area (TPSA) is 32.7 Å². The van der Waals surface area contributed by atoms with Crippen LogP contribution in [0.15, 0.2) is 0 Å². The standard InChI is InChI=1S/C12H23NO2/c1-15-9-8-13-7-6-12(14)10-4-2-3-5-11(10)13/h10-12,14H,2-9H2,1H3/t10-,11-,12+/m0/s1. The van der Waals surface area contributed by atoms with Crippen LogP contribution in [-0.4, -0.2) is 49.0 Å². The van der Waals surface area contributed by atoms with E-state index in [0.717, 1.165) is 26.1 Å². The molecule has 0 unspecified atom stereocenters. The van der Waals surface area contributed by atoms with Crippen LogP contribution in [0, 0.1) is 5.92 Å². The van der Waals surface area contributed by atoms with Gasteiger partial charge in [-0.25, -0.2) is 0 Å². The van der Waals surface area contributed by atoms with Crippen LogP contribution < -0.4 is 0 Å². The molecule has 1 aliphatic heterocycles. The normalized spacial score (nSPS) is 37.6. The van der Waals surface area contributed by atoms with E-state index in [9.17, 15) is 5.11 Å². The fourth-order valence-corrected chi connectivity index (χ4v) is 3.21. The van der Waals surface area contributed by atoms with Gasteiger partial charge in [-0.15, -0.1) is 0 Å². The van der Waals surface area contributed by atoms with Crippen LogP contribution in [0.25, 0.3) is 0 Å². The number of ether oxygens (including phenoxy) is 1. The van der Waals surface area contributed by atoms with Gasteiger partial charge in [0.05, 0.1) is 12.7 Å². The lowest BCUT2D eigenvalue weighted by atomic mass is 9.76. The lowest BCUT2D eigenvalue weighted by Crippen LogP contribution is -2.53. The second-order valence-electron chi connectivity index (χ2n) is 4.90. The first-order chi connectivity index (χ1) is 7.33. The highest BCUT2D eigenvalue weighted by molar-refractivity contribution is 4.91. The summed E-state index contributed by atoms with van der Waals surface area (Å²) in [6.45, 7) is 2.90. The fourth-order valence-electron chi connectivity index (χ4n) is 3.21. The molecule has 3 nitrogen and oxygen atoms in total. The van der Waals surface area contributed by atoms with Gasteiger partial charge in [-0.1, -0.05) is 12.8 Å². The molecule has 1 aliphatic carbocycles. The van der Waals surface area contributed by atoms with E-state index in [2.05, 4.69) is 4.90 Å². The average molecular weight is 213 g/mol. The largest absolute Gasteiger partial charge is 0.393 e. The summed E-state index contributed by atoms with van der Waals surface area (Å²) < 4.78 is 5.15. The lowest BCUT2D eigenvalue weighted by molar-refractivity contribution is -0.0422. The monoisotopic (exact) mass is 213 g/mol. The van der Waals surface area contributed by atoms with Crippen molar-refractivity contribution in [2.45, 2.75) is 44.2 Å². The number of aliphatic hydroxyl groups excluding tert-OH is 1. The molecule has 0 amide bonds. The van der Waals surface area contributed by atoms with Gasteiger partial charge in [0.25, 0.3) is 0 Å². The first-order valence-electron chi connectivity index (χ1n) is 6.24. The molecule has 88 valence electrons. The molecule has 0 radical (unpaired) electrons. The summed E-state index contributed by atoms with van der Waals surface area (Å²) in [5.41, 5.74) is 0. The first kappa shape index (κ1) is 11.4. The van der Waals surface area contributed by atoms with E-state index < -0.39 is 0 Å². The second kappa shape index (κ2) is 5.28. The Morgan fingerprint density at radius 2 is 2.07 bits per heavy atom. The molecule has 1 N–H and O–H groups in total. The summed E-state index contributed by atoms with van der Waals surface area (Å²) in [7, 11) is 1.76. The van der Waals surface area contributed by atoms with E-state index in [1.165, 1.54) is 25.7 Å². The van der Waals surface area contributed by atoms with Crippen LogP contribution in [-0.2, 0) is 4.74 Å². The number of piperidine rings is 1. The van der Waals surface area contributed by atoms with Gasteiger partial charge in [0.2, 0.25) is 0 Å². The van der Waals surface area contributed by atoms with Crippen LogP contribution in [0.1, 0.15) is 32.1 Å². The molecule has 0 aromatic rings. The zero-order valence-electron chi connectivity index (χ0n) is 9.69. The summed E-state index contributed by atoms with van der Waals surface area (Å²) in [4.78, 5) is 2.53. The number of rotatable bonds is 3. The summed E-state index contributed by atoms with van der Waals surface area (Å²) in [5.74, 6) is 0.532. The Morgan fingerprint density at radius 3 is 2.87 bits per heavy atom. The Bertz CT molecular complexity index is 196. The van der Waals surface area contributed by atoms with Crippen molar-refractivity contribution < 1.29 is 9.84 Å². The van der Waals surface area contributed by atoms with Gasteiger partial charge in [0.15, 0.2) is 0 Å². The predicted molar refractivity (Wildman–Crippen MR) is 59.8 cm³/mol. The minimum atomic E-state index is -0.0471. The predicted octanol–water partition coefficient (Wildman–Crippen LogP) is 1.26. The van der Waals surface area contributed by atoms with Crippen molar-refractivity contribution in [1.82, 2.24) is 4.90 Å². The van der Waals surface area contributed by atoms with Gasteiger partial charge >= 0.3 is 0 Å². The molecule has 0 spiro atoms. The van der Waals surface area contributed by atoms with Gasteiger partial charge in [0, 0.05) is 32.2 Å². The van der Waals surface area contributed by atoms with Crippen LogP contribution in [0.5, 0.6) is 0 Å². The third kappa shape index (κ3) is 2.52. The number of hydrogen-bond acceptors (Lipinski definition) is 3. The Kier molecular flexibility index (Phi) is 4.00. The summed E-state index contributed by atoms with van der Waals surface area (Å²) in [6.07, 6.45) is 6.02. The summed E-state index contributed by atoms with van der Waals surface area (Å²) in [6, 6.07) is 0.623. The number of likely N-dealkylation sites (tertiary alicyclic amines) is 1. The summed E-state index contributed by atoms with van der Waals surface area (Å²) >= 11 is 0. The first-order valence-corrected chi connectivity index (χ1v) is 6.24. The maximum absolute atomic E-state index is 9.99. The highest BCUT2D eigenvalue weighted by atomic mass is 16.5. The maximum Gasteiger partial charge on any atom is 0.0595 e. The van der Waals surface area contributed by atoms with Crippen molar-refractivity contribution in [2.24, 2.45) is 5.92 Å². The van der Waals surface area contributed by atoms with Crippen LogP contribution in [0.2, 0.25) is 0 Å². The molecule has 0 aromatic heterocycles. The van der Waals surface area contributed by atoms with E-state index in [1.54, 1.807) is 7.11 Å². The molecule has 15 heavy (non-hydrogen) atoms. The molecule has 1 heterocycles. The minimum Gasteiger partial charge on any atom is -0.393 e. The van der Waals surface area contributed by atoms with Crippen LogP contribution in [0.4, 0.5) is 0 Å². The molecular weight excluding hydrogens is 190 g/mol. The van der Waals surface area contributed by atoms with Crippen molar-refractivity contribution in [3.8, 4) is 0 Å². The third-order valence-corrected chi connectivity index (χ3v) is 4.04. The summed E-state index contributed by atoms with van der Waals surface area (Å²) in [5, 5.41) is 9.99. The van der Waals surface area contributed by atoms with Crippen LogP contribution in [0.3, 0.4) is 0 Å². The van der Waals surface area contributed by atoms with Gasteiger partial charge in [-0.05, 0) is 19.3 Å². The third-order valence-electron chi connectivity index (χ3n) is 4.04. The van der Waals surface area contributed by atoms with E-state index in [4.69, 9.17) is 4.74 Å². The minimum absolute atomic E-state index is 0.0471. The fraction of sp³-hybridized carbons (Fsp3) is 1.00. The Balaban J connectivity index is 1.94. The molecule has 0 aromatic carbocycles. The van der Waals surface area contributed by atoms with E-state index in [-0.39, 0.29) is 6.10 Å². The molecule has 2 aliphatic rings. The zero-order valence-corrected chi connectivity index (χ0v) is 9.69. The smallest absolute Gasteiger partial charge is 0.0595 e. The second-order valence-corrected chi connectivity index (χ2v) is 4.90. The van der Waals surface area contributed by atoms with E-state index in [0.29, 0.717) is 12.0 Å². The van der Waals surface area contributed by atoms with Crippen molar-refractivity contribution >= 4 is 0 Å². The quantitative estimate of drug-likeness (QED) is 0.766. The van der Waals surface area contributed by atoms with E-state index in [1.807, 2.05) is 0 Å². The lowest BCUT2D eigenvalue weighted by Gasteiger charge is -2.46. The highest BCUT2D eigenvalue weighted by Crippen LogP contribution is 2.35. The highest BCUT2D eigenvalue weighted by Gasteiger charge is 2.37. The van der Waals surface area contributed by atoms with Crippen LogP contribution >= 0.6 is 0 Å². The van der Waals surface area contributed by atoms with E-state index >= 15 is 0 Å². The molecule has 1 saturated heterocycles. The molecule has 1 saturated carbocycles. The van der Waals surface area contributed by atoms with Crippen molar-refractivity contribution in [2.75, 3.05) is 26.8 Å². The van der Waals surface area contributed by atoms with Gasteiger partial charge in [0.1, 0.15) is 0 Å². The van der Waals surface area contributed by atoms with Gasteiger partial charge < -0.3 is 9.84 Å². The Hall–Kier alpha value is -0.120. The molecule has 0 bridgehead atoms. The van der Waals surface area contributed by atoms with Crippen molar-refractivity contribution in [3.05, 3.63) is 0 Å². The molecule has 3 heteroatoms. The molecule has 2 fully saturated rings. The van der Waals surface area contributed by atoms with Gasteiger partial charge in [-0.3, -0.25) is 4.90 Å². The Morgan fingerprint density at radius 1 is 1.27 bits per heavy atom. The maximum atomic E-state index is 9.99. The molecule has 3 atom stereocenters. The number of hydrogen-bond donors (Lipinski definition) is 1. The molecular formula is C12H23NO2. The number of fused-ring (bicyclic) bond motifs is 1. The zero-order chi connectivity index (χ0) is 10.7. The SMILES string of the molecule is COCCN1CC[C@@H](O)[C@H]2CCCC[C@@H]21. The van der Waals surface area contributed by atoms with Crippen molar-refractivity contribution in [1.29, 1.82) is 0 Å². The average Bonchev–Trinajstić information content (AvgIpc) is 2.29. The molecule has 2 rings (SSSR count). The van der Waals surface area contributed by atoms with Crippen molar-refractivity contribution in [3.63, 3.8) is 0 Å². The number of aliphatic hydroxyl groups is 1. The Labute approximate surface area is 92.4 Å².